The number of alkyl carbamates (subject to hydrolysis) is 1. The summed E-state index contributed by atoms with van der Waals surface area (Å²) in [7, 11) is 0. The van der Waals surface area contributed by atoms with E-state index in [4.69, 9.17) is 4.74 Å². The van der Waals surface area contributed by atoms with Crippen LogP contribution >= 0.6 is 0 Å². The van der Waals surface area contributed by atoms with E-state index in [0.717, 1.165) is 19.3 Å². The zero-order valence-electron chi connectivity index (χ0n) is 15.4. The number of ether oxygens (including phenoxy) is 1. The lowest BCUT2D eigenvalue weighted by molar-refractivity contribution is 0.0832. The number of nitrogens with one attached hydrogen (secondary N) is 1. The zero-order chi connectivity index (χ0) is 18.4. The standard InChI is InChI=1S/C23H25NO3/c25-14-23(11-5-6-15-12-21(15)23)24-22(26)27-13-20-18-9-3-1-7-16(18)17-8-2-4-10-19(17)20/h1-4,7-10,15,20-21,25H,5-6,11-14H2,(H,24,26). The van der Waals surface area contributed by atoms with Crippen molar-refractivity contribution in [3.63, 3.8) is 0 Å². The average molecular weight is 363 g/mol. The number of aliphatic hydroxyl groups excluding tert-OH is 1. The van der Waals surface area contributed by atoms with E-state index < -0.39 is 11.6 Å². The number of carbonyl (C=O) groups is 1. The van der Waals surface area contributed by atoms with Crippen molar-refractivity contribution in [3.8, 4) is 11.1 Å². The van der Waals surface area contributed by atoms with E-state index in [9.17, 15) is 9.90 Å². The summed E-state index contributed by atoms with van der Waals surface area (Å²) in [6, 6.07) is 16.7. The molecular weight excluding hydrogens is 338 g/mol. The van der Waals surface area contributed by atoms with Crippen molar-refractivity contribution in [3.05, 3.63) is 59.7 Å². The van der Waals surface area contributed by atoms with Crippen LogP contribution in [0.4, 0.5) is 4.79 Å². The summed E-state index contributed by atoms with van der Waals surface area (Å²) in [6.45, 7) is 0.313. The smallest absolute Gasteiger partial charge is 0.407 e. The number of carbonyl (C=O) groups excluding carboxylic acids is 1. The van der Waals surface area contributed by atoms with Crippen LogP contribution < -0.4 is 5.32 Å². The van der Waals surface area contributed by atoms with Gasteiger partial charge in [0.05, 0.1) is 12.1 Å². The minimum Gasteiger partial charge on any atom is -0.449 e. The molecule has 3 aliphatic carbocycles. The summed E-state index contributed by atoms with van der Waals surface area (Å²) >= 11 is 0. The Hall–Kier alpha value is -2.33. The Labute approximate surface area is 159 Å². The van der Waals surface area contributed by atoms with Crippen molar-refractivity contribution in [2.75, 3.05) is 13.2 Å². The van der Waals surface area contributed by atoms with E-state index in [-0.39, 0.29) is 12.5 Å². The molecule has 0 aliphatic heterocycles. The lowest BCUT2D eigenvalue weighted by atomic mass is 9.82. The molecule has 0 heterocycles. The van der Waals surface area contributed by atoms with Gasteiger partial charge in [-0.2, -0.15) is 0 Å². The SMILES string of the molecule is O=C(NC1(CO)CCCC2CC21)OCC1c2ccccc2-c2ccccc21. The average Bonchev–Trinajstić information content (AvgIpc) is 3.44. The predicted octanol–water partition coefficient (Wildman–Crippen LogP) is 4.08. The minimum absolute atomic E-state index is 0.00162. The summed E-state index contributed by atoms with van der Waals surface area (Å²) in [4.78, 5) is 12.6. The molecule has 0 aromatic heterocycles. The van der Waals surface area contributed by atoms with Crippen molar-refractivity contribution in [1.29, 1.82) is 0 Å². The third-order valence-electron chi connectivity index (χ3n) is 6.81. The number of hydrogen-bond acceptors (Lipinski definition) is 3. The van der Waals surface area contributed by atoms with Crippen molar-refractivity contribution in [2.45, 2.75) is 37.1 Å². The van der Waals surface area contributed by atoms with E-state index in [1.54, 1.807) is 0 Å². The Bertz CT molecular complexity index is 834. The monoisotopic (exact) mass is 363 g/mol. The van der Waals surface area contributed by atoms with Crippen LogP contribution in [0.15, 0.2) is 48.5 Å². The normalized spacial score (nSPS) is 28.0. The Morgan fingerprint density at radius 1 is 1.11 bits per heavy atom. The molecule has 0 radical (unpaired) electrons. The topological polar surface area (TPSA) is 58.6 Å². The highest BCUT2D eigenvalue weighted by Crippen LogP contribution is 2.54. The maximum atomic E-state index is 12.6. The molecule has 2 N–H and O–H groups in total. The molecule has 3 atom stereocenters. The second-order valence-corrected chi connectivity index (χ2v) is 8.26. The van der Waals surface area contributed by atoms with Gasteiger partial charge in [-0.15, -0.1) is 0 Å². The van der Waals surface area contributed by atoms with Gasteiger partial charge in [-0.1, -0.05) is 55.0 Å². The molecule has 3 unspecified atom stereocenters. The third kappa shape index (κ3) is 2.74. The maximum Gasteiger partial charge on any atom is 0.407 e. The first kappa shape index (κ1) is 16.8. The molecule has 27 heavy (non-hydrogen) atoms. The highest BCUT2D eigenvalue weighted by atomic mass is 16.5. The van der Waals surface area contributed by atoms with E-state index in [1.165, 1.54) is 28.7 Å². The van der Waals surface area contributed by atoms with Crippen LogP contribution in [-0.2, 0) is 4.74 Å². The van der Waals surface area contributed by atoms with Crippen LogP contribution in [0.3, 0.4) is 0 Å². The van der Waals surface area contributed by atoms with Crippen LogP contribution in [0.2, 0.25) is 0 Å². The Balaban J connectivity index is 1.31. The molecule has 2 fully saturated rings. The van der Waals surface area contributed by atoms with E-state index in [2.05, 4.69) is 29.6 Å². The van der Waals surface area contributed by atoms with Gasteiger partial charge in [0, 0.05) is 5.92 Å². The van der Waals surface area contributed by atoms with Gasteiger partial charge in [0.25, 0.3) is 0 Å². The number of amides is 1. The van der Waals surface area contributed by atoms with Crippen molar-refractivity contribution < 1.29 is 14.6 Å². The third-order valence-corrected chi connectivity index (χ3v) is 6.81. The van der Waals surface area contributed by atoms with E-state index >= 15 is 0 Å². The number of benzene rings is 2. The molecule has 0 spiro atoms. The minimum atomic E-state index is -0.481. The number of hydrogen-bond donors (Lipinski definition) is 2. The summed E-state index contributed by atoms with van der Waals surface area (Å²) in [5.41, 5.74) is 4.39. The van der Waals surface area contributed by atoms with Crippen LogP contribution in [-0.4, -0.2) is 30.0 Å². The quantitative estimate of drug-likeness (QED) is 0.861. The van der Waals surface area contributed by atoms with Gasteiger partial charge in [0.1, 0.15) is 6.61 Å². The van der Waals surface area contributed by atoms with Gasteiger partial charge in [-0.25, -0.2) is 4.79 Å². The number of aliphatic hydroxyl groups is 1. The first-order valence-corrected chi connectivity index (χ1v) is 9.96. The van der Waals surface area contributed by atoms with E-state index in [0.29, 0.717) is 18.4 Å². The van der Waals surface area contributed by atoms with Crippen LogP contribution in [0.1, 0.15) is 42.7 Å². The fourth-order valence-electron chi connectivity index (χ4n) is 5.34. The predicted molar refractivity (Wildman–Crippen MR) is 103 cm³/mol. The highest BCUT2D eigenvalue weighted by molar-refractivity contribution is 5.79. The number of rotatable bonds is 4. The summed E-state index contributed by atoms with van der Waals surface area (Å²) < 4.78 is 5.67. The summed E-state index contributed by atoms with van der Waals surface area (Å²) in [6.07, 6.45) is 3.84. The molecular formula is C23H25NO3. The van der Waals surface area contributed by atoms with Gasteiger partial charge in [0.15, 0.2) is 0 Å². The summed E-state index contributed by atoms with van der Waals surface area (Å²) in [5.74, 6) is 1.14. The van der Waals surface area contributed by atoms with Gasteiger partial charge >= 0.3 is 6.09 Å². The van der Waals surface area contributed by atoms with Crippen LogP contribution in [0.25, 0.3) is 11.1 Å². The lowest BCUT2D eigenvalue weighted by Crippen LogP contribution is -2.55. The van der Waals surface area contributed by atoms with Gasteiger partial charge in [-0.05, 0) is 53.4 Å². The molecule has 2 aromatic rings. The van der Waals surface area contributed by atoms with Crippen molar-refractivity contribution >= 4 is 6.09 Å². The second-order valence-electron chi connectivity index (χ2n) is 8.26. The molecule has 1 amide bonds. The molecule has 5 rings (SSSR count). The zero-order valence-corrected chi connectivity index (χ0v) is 15.4. The first-order chi connectivity index (χ1) is 13.2. The molecule has 3 aliphatic rings. The summed E-state index contributed by atoms with van der Waals surface area (Å²) in [5, 5.41) is 13.0. The molecule has 4 heteroatoms. The molecule has 2 aromatic carbocycles. The fourth-order valence-corrected chi connectivity index (χ4v) is 5.34. The number of fused-ring (bicyclic) bond motifs is 4. The first-order valence-electron chi connectivity index (χ1n) is 9.96. The van der Waals surface area contributed by atoms with Crippen LogP contribution in [0.5, 0.6) is 0 Å². The molecule has 0 bridgehead atoms. The van der Waals surface area contributed by atoms with Crippen LogP contribution in [0, 0.1) is 11.8 Å². The van der Waals surface area contributed by atoms with Gasteiger partial charge in [-0.3, -0.25) is 0 Å². The molecule has 2 saturated carbocycles. The lowest BCUT2D eigenvalue weighted by Gasteiger charge is -2.36. The maximum absolute atomic E-state index is 12.6. The van der Waals surface area contributed by atoms with Crippen molar-refractivity contribution in [2.24, 2.45) is 11.8 Å². The Morgan fingerprint density at radius 3 is 2.44 bits per heavy atom. The van der Waals surface area contributed by atoms with E-state index in [1.807, 2.05) is 24.3 Å². The second kappa shape index (κ2) is 6.38. The Morgan fingerprint density at radius 2 is 1.78 bits per heavy atom. The fraction of sp³-hybridized carbons (Fsp3) is 0.435. The van der Waals surface area contributed by atoms with Crippen molar-refractivity contribution in [1.82, 2.24) is 5.32 Å². The van der Waals surface area contributed by atoms with Gasteiger partial charge in [0.2, 0.25) is 0 Å². The molecule has 0 saturated heterocycles. The molecule has 4 nitrogen and oxygen atoms in total. The Kier molecular flexibility index (Phi) is 3.97. The molecule has 140 valence electrons. The highest BCUT2D eigenvalue weighted by Gasteiger charge is 2.55. The van der Waals surface area contributed by atoms with Gasteiger partial charge < -0.3 is 15.2 Å². The largest absolute Gasteiger partial charge is 0.449 e.